The molecule has 2 N–H and O–H groups in total. The number of benzene rings is 3. The fourth-order valence-electron chi connectivity index (χ4n) is 4.04. The van der Waals surface area contributed by atoms with Gasteiger partial charge in [-0.25, -0.2) is 0 Å². The molecular weight excluding hydrogens is 412 g/mol. The second kappa shape index (κ2) is 9.50. The molecule has 6 heteroatoms. The minimum absolute atomic E-state index is 0.0310. The van der Waals surface area contributed by atoms with Crippen LogP contribution in [-0.4, -0.2) is 33.9 Å². The molecule has 0 radical (unpaired) electrons. The highest BCUT2D eigenvalue weighted by molar-refractivity contribution is 6.30. The number of fused-ring (bicyclic) bond motifs is 1. The zero-order valence-electron chi connectivity index (χ0n) is 17.9. The number of hydrogen-bond acceptors (Lipinski definition) is 5. The van der Waals surface area contributed by atoms with Crippen molar-refractivity contribution in [2.45, 2.75) is 18.5 Å². The Kier molecular flexibility index (Phi) is 6.54. The van der Waals surface area contributed by atoms with Crippen LogP contribution in [0.25, 0.3) is 0 Å². The molecule has 0 saturated carbocycles. The summed E-state index contributed by atoms with van der Waals surface area (Å²) in [5.41, 5.74) is 4.66. The van der Waals surface area contributed by atoms with Crippen molar-refractivity contribution in [3.05, 3.63) is 82.4 Å². The predicted molar refractivity (Wildman–Crippen MR) is 125 cm³/mol. The fourth-order valence-corrected chi connectivity index (χ4v) is 4.17. The lowest BCUT2D eigenvalue weighted by atomic mass is 9.86. The van der Waals surface area contributed by atoms with E-state index in [2.05, 4.69) is 34.9 Å². The van der Waals surface area contributed by atoms with Crippen molar-refractivity contribution in [1.29, 1.82) is 0 Å². The molecular formula is C25H27ClN2O3. The Bertz CT molecular complexity index is 1020. The lowest BCUT2D eigenvalue weighted by Gasteiger charge is -2.34. The van der Waals surface area contributed by atoms with Crippen molar-refractivity contribution in [3.63, 3.8) is 0 Å². The quantitative estimate of drug-likeness (QED) is 0.538. The van der Waals surface area contributed by atoms with Gasteiger partial charge < -0.3 is 24.8 Å². The second-order valence-corrected chi connectivity index (χ2v) is 8.00. The molecule has 3 aromatic rings. The van der Waals surface area contributed by atoms with E-state index in [0.29, 0.717) is 0 Å². The van der Waals surface area contributed by atoms with Gasteiger partial charge in [0.05, 0.1) is 27.4 Å². The summed E-state index contributed by atoms with van der Waals surface area (Å²) in [6.45, 7) is 0.782. The summed E-state index contributed by atoms with van der Waals surface area (Å²) in [6, 6.07) is 20.4. The molecule has 1 aliphatic rings. The highest BCUT2D eigenvalue weighted by atomic mass is 35.5. The van der Waals surface area contributed by atoms with Gasteiger partial charge in [-0.15, -0.1) is 0 Å². The Morgan fingerprint density at radius 3 is 2.23 bits per heavy atom. The van der Waals surface area contributed by atoms with E-state index in [4.69, 9.17) is 25.8 Å². The molecule has 0 bridgehead atoms. The monoisotopic (exact) mass is 438 g/mol. The average molecular weight is 439 g/mol. The minimum Gasteiger partial charge on any atom is -0.497 e. The van der Waals surface area contributed by atoms with Gasteiger partial charge in [-0.1, -0.05) is 23.7 Å². The van der Waals surface area contributed by atoms with Crippen LogP contribution in [0.5, 0.6) is 17.2 Å². The molecule has 0 fully saturated rings. The summed E-state index contributed by atoms with van der Waals surface area (Å²) in [6.07, 6.45) is 0.878. The first kappa shape index (κ1) is 21.3. The van der Waals surface area contributed by atoms with E-state index in [0.717, 1.165) is 46.5 Å². The molecule has 1 aliphatic heterocycles. The Balaban J connectivity index is 1.61. The summed E-state index contributed by atoms with van der Waals surface area (Å²) in [7, 11) is 5.01. The Hall–Kier alpha value is -2.89. The van der Waals surface area contributed by atoms with Crippen LogP contribution in [-0.2, 0) is 6.42 Å². The van der Waals surface area contributed by atoms with Crippen LogP contribution in [0.1, 0.15) is 22.7 Å². The molecule has 2 atom stereocenters. The number of rotatable bonds is 7. The fraction of sp³-hybridized carbons (Fsp3) is 0.280. The van der Waals surface area contributed by atoms with E-state index in [1.165, 1.54) is 11.1 Å². The van der Waals surface area contributed by atoms with Gasteiger partial charge in [0.2, 0.25) is 0 Å². The largest absolute Gasteiger partial charge is 0.497 e. The molecule has 0 spiro atoms. The van der Waals surface area contributed by atoms with Gasteiger partial charge in [-0.3, -0.25) is 0 Å². The number of ether oxygens (including phenoxy) is 3. The van der Waals surface area contributed by atoms with Gasteiger partial charge in [-0.2, -0.15) is 0 Å². The smallest absolute Gasteiger partial charge is 0.161 e. The lowest BCUT2D eigenvalue weighted by molar-refractivity contribution is 0.351. The van der Waals surface area contributed by atoms with E-state index < -0.39 is 0 Å². The van der Waals surface area contributed by atoms with Gasteiger partial charge in [0, 0.05) is 23.3 Å². The van der Waals surface area contributed by atoms with Crippen LogP contribution in [0.4, 0.5) is 5.69 Å². The van der Waals surface area contributed by atoms with Crippen LogP contribution in [0.2, 0.25) is 5.02 Å². The molecule has 31 heavy (non-hydrogen) atoms. The summed E-state index contributed by atoms with van der Waals surface area (Å²) in [5, 5.41) is 8.06. The molecule has 3 aromatic carbocycles. The van der Waals surface area contributed by atoms with E-state index in [9.17, 15) is 0 Å². The number of anilines is 1. The molecule has 0 aromatic heterocycles. The van der Waals surface area contributed by atoms with Crippen molar-refractivity contribution in [2.75, 3.05) is 33.2 Å². The van der Waals surface area contributed by atoms with E-state index >= 15 is 0 Å². The molecule has 162 valence electrons. The van der Waals surface area contributed by atoms with Gasteiger partial charge in [-0.05, 0) is 71.6 Å². The molecule has 0 unspecified atom stereocenters. The third-order valence-corrected chi connectivity index (χ3v) is 5.92. The zero-order valence-corrected chi connectivity index (χ0v) is 18.7. The van der Waals surface area contributed by atoms with Crippen molar-refractivity contribution >= 4 is 17.3 Å². The number of hydrogen-bond donors (Lipinski definition) is 2. The molecule has 1 heterocycles. The number of methoxy groups -OCH3 is 3. The highest BCUT2D eigenvalue weighted by Gasteiger charge is 2.29. The van der Waals surface area contributed by atoms with Crippen LogP contribution in [0, 0.1) is 0 Å². The first-order valence-corrected chi connectivity index (χ1v) is 10.6. The maximum Gasteiger partial charge on any atom is 0.161 e. The third-order valence-electron chi connectivity index (χ3n) is 5.67. The lowest BCUT2D eigenvalue weighted by Crippen LogP contribution is -2.44. The van der Waals surface area contributed by atoms with E-state index in [1.54, 1.807) is 21.3 Å². The first-order chi connectivity index (χ1) is 15.1. The van der Waals surface area contributed by atoms with Crippen LogP contribution < -0.4 is 24.8 Å². The van der Waals surface area contributed by atoms with E-state index in [-0.39, 0.29) is 12.1 Å². The summed E-state index contributed by atoms with van der Waals surface area (Å²) in [5.74, 6) is 2.33. The topological polar surface area (TPSA) is 51.8 Å². The Morgan fingerprint density at radius 1 is 0.903 bits per heavy atom. The van der Waals surface area contributed by atoms with Gasteiger partial charge in [0.1, 0.15) is 5.75 Å². The molecule has 4 rings (SSSR count). The first-order valence-electron chi connectivity index (χ1n) is 10.3. The van der Waals surface area contributed by atoms with Crippen molar-refractivity contribution < 1.29 is 14.2 Å². The molecule has 0 saturated heterocycles. The Labute approximate surface area is 188 Å². The average Bonchev–Trinajstić information content (AvgIpc) is 2.82. The third kappa shape index (κ3) is 4.73. The zero-order chi connectivity index (χ0) is 21.8. The molecule has 0 amide bonds. The van der Waals surface area contributed by atoms with Gasteiger partial charge in [0.15, 0.2) is 11.5 Å². The Morgan fingerprint density at radius 2 is 1.58 bits per heavy atom. The molecule has 0 aliphatic carbocycles. The number of nitrogens with one attached hydrogen (secondary N) is 2. The second-order valence-electron chi connectivity index (χ2n) is 7.57. The van der Waals surface area contributed by atoms with E-state index in [1.807, 2.05) is 36.4 Å². The van der Waals surface area contributed by atoms with Crippen LogP contribution in [0.15, 0.2) is 60.7 Å². The minimum atomic E-state index is 0.0310. The maximum absolute atomic E-state index is 6.13. The summed E-state index contributed by atoms with van der Waals surface area (Å²) >= 11 is 6.13. The van der Waals surface area contributed by atoms with Gasteiger partial charge in [0.25, 0.3) is 0 Å². The van der Waals surface area contributed by atoms with Crippen molar-refractivity contribution in [3.8, 4) is 17.2 Å². The van der Waals surface area contributed by atoms with Crippen molar-refractivity contribution in [2.24, 2.45) is 0 Å². The normalized spacial score (nSPS) is 17.5. The number of halogens is 1. The summed E-state index contributed by atoms with van der Waals surface area (Å²) in [4.78, 5) is 0. The maximum atomic E-state index is 6.13. The molecule has 5 nitrogen and oxygen atoms in total. The van der Waals surface area contributed by atoms with Crippen LogP contribution >= 0.6 is 11.6 Å². The highest BCUT2D eigenvalue weighted by Crippen LogP contribution is 2.38. The predicted octanol–water partition coefficient (Wildman–Crippen LogP) is 5.08. The van der Waals surface area contributed by atoms with Gasteiger partial charge >= 0.3 is 0 Å². The standard InChI is InChI=1S/C25H27ClN2O3/c1-29-21-10-8-19(9-11-21)27-15-20-12-17-13-23(30-2)24(31-3)14-22(17)25(28-20)16-4-6-18(26)7-5-16/h4-11,13-14,20,25,27-28H,12,15H2,1-3H3/t20-,25-/m0/s1. The SMILES string of the molecule is COc1ccc(NC[C@@H]2Cc3cc(OC)c(OC)cc3[C@H](c3ccc(Cl)cc3)N2)cc1. The summed E-state index contributed by atoms with van der Waals surface area (Å²) < 4.78 is 16.4. The van der Waals surface area contributed by atoms with Crippen molar-refractivity contribution in [1.82, 2.24) is 5.32 Å². The van der Waals surface area contributed by atoms with Crippen LogP contribution in [0.3, 0.4) is 0 Å².